The largest absolute Gasteiger partial charge is 0.379 e. The molecule has 3 amide bonds. The van der Waals surface area contributed by atoms with E-state index in [0.29, 0.717) is 11.6 Å². The van der Waals surface area contributed by atoms with Crippen molar-refractivity contribution in [3.8, 4) is 0 Å². The molecular formula is C28H35N5O3. The number of hydrogen-bond donors (Lipinski definition) is 2. The van der Waals surface area contributed by atoms with Crippen LogP contribution in [0.15, 0.2) is 53.5 Å². The van der Waals surface area contributed by atoms with Crippen molar-refractivity contribution >= 4 is 29.0 Å². The fourth-order valence-corrected chi connectivity index (χ4v) is 5.40. The number of nitrogens with one attached hydrogen (secondary N) is 2. The van der Waals surface area contributed by atoms with Crippen LogP contribution in [0, 0.1) is 5.92 Å². The van der Waals surface area contributed by atoms with Crippen LogP contribution in [0.1, 0.15) is 43.2 Å². The number of para-hydroxylation sites is 1. The molecule has 0 radical (unpaired) electrons. The van der Waals surface area contributed by atoms with Gasteiger partial charge < -0.3 is 20.3 Å². The van der Waals surface area contributed by atoms with Crippen molar-refractivity contribution in [3.05, 3.63) is 59.7 Å². The van der Waals surface area contributed by atoms with E-state index in [0.717, 1.165) is 81.1 Å². The lowest BCUT2D eigenvalue weighted by Gasteiger charge is -2.26. The number of hydrogen-bond acceptors (Lipinski definition) is 5. The highest BCUT2D eigenvalue weighted by molar-refractivity contribution is 6.14. The smallest absolute Gasteiger partial charge is 0.321 e. The van der Waals surface area contributed by atoms with Crippen LogP contribution in [0.5, 0.6) is 0 Å². The fourth-order valence-electron chi connectivity index (χ4n) is 5.40. The van der Waals surface area contributed by atoms with Crippen LogP contribution in [0.25, 0.3) is 0 Å². The predicted octanol–water partition coefficient (Wildman–Crippen LogP) is 4.01. The first-order chi connectivity index (χ1) is 17.6. The number of anilines is 2. The monoisotopic (exact) mass is 489 g/mol. The summed E-state index contributed by atoms with van der Waals surface area (Å²) in [6.45, 7) is 4.10. The first-order valence-corrected chi connectivity index (χ1v) is 13.0. The third-order valence-electron chi connectivity index (χ3n) is 7.33. The molecule has 2 fully saturated rings. The van der Waals surface area contributed by atoms with Gasteiger partial charge in [0, 0.05) is 43.9 Å². The predicted molar refractivity (Wildman–Crippen MR) is 141 cm³/mol. The summed E-state index contributed by atoms with van der Waals surface area (Å²) in [4.78, 5) is 35.2. The third-order valence-corrected chi connectivity index (χ3v) is 7.33. The molecular weight excluding hydrogens is 454 g/mol. The SMILES string of the molecule is CN1C(=O)[C@H](NC(=O)Nc2cccc(CN3CCOCC3)c2)N=C(C2CCCCC2)c2ccccc21. The number of urea groups is 1. The summed E-state index contributed by atoms with van der Waals surface area (Å²) in [5.74, 6) is 0.0490. The number of rotatable bonds is 5. The minimum absolute atomic E-state index is 0.246. The Morgan fingerprint density at radius 1 is 1.06 bits per heavy atom. The standard InChI is InChI=1S/C28H35N5O3/c1-32-24-13-6-5-12-23(24)25(21-9-3-2-4-10-21)30-26(27(32)34)31-28(35)29-22-11-7-8-20(18-22)19-33-14-16-36-17-15-33/h5-8,11-13,18,21,26H,2-4,9-10,14-17,19H2,1H3,(H2,29,31,35)/t26-/m0/s1. The van der Waals surface area contributed by atoms with Crippen molar-refractivity contribution in [1.82, 2.24) is 10.2 Å². The normalized spacial score (nSPS) is 21.4. The van der Waals surface area contributed by atoms with Crippen molar-refractivity contribution in [3.63, 3.8) is 0 Å². The van der Waals surface area contributed by atoms with E-state index in [1.807, 2.05) is 42.5 Å². The average Bonchev–Trinajstić information content (AvgIpc) is 3.01. The van der Waals surface area contributed by atoms with Gasteiger partial charge in [-0.2, -0.15) is 0 Å². The summed E-state index contributed by atoms with van der Waals surface area (Å²) in [6.07, 6.45) is 4.69. The van der Waals surface area contributed by atoms with E-state index in [2.05, 4.69) is 21.6 Å². The number of amides is 3. The molecule has 1 aliphatic carbocycles. The molecule has 36 heavy (non-hydrogen) atoms. The van der Waals surface area contributed by atoms with E-state index in [1.54, 1.807) is 11.9 Å². The lowest BCUT2D eigenvalue weighted by atomic mass is 9.83. The molecule has 0 unspecified atom stereocenters. The number of benzodiazepines with no additional fused rings is 1. The molecule has 2 aromatic carbocycles. The summed E-state index contributed by atoms with van der Waals surface area (Å²) in [5, 5.41) is 5.74. The van der Waals surface area contributed by atoms with E-state index in [4.69, 9.17) is 9.73 Å². The number of likely N-dealkylation sites (N-methyl/N-ethyl adjacent to an activating group) is 1. The third kappa shape index (κ3) is 5.60. The molecule has 2 aromatic rings. The second-order valence-corrected chi connectivity index (χ2v) is 9.85. The zero-order valence-electron chi connectivity index (χ0n) is 20.9. The average molecular weight is 490 g/mol. The maximum atomic E-state index is 13.4. The van der Waals surface area contributed by atoms with Crippen LogP contribution in [-0.2, 0) is 16.1 Å². The molecule has 2 N–H and O–H groups in total. The van der Waals surface area contributed by atoms with Gasteiger partial charge in [0.05, 0.1) is 24.6 Å². The number of morpholine rings is 1. The van der Waals surface area contributed by atoms with E-state index in [9.17, 15) is 9.59 Å². The van der Waals surface area contributed by atoms with E-state index in [-0.39, 0.29) is 5.91 Å². The molecule has 8 nitrogen and oxygen atoms in total. The summed E-state index contributed by atoms with van der Waals surface area (Å²) in [6, 6.07) is 15.3. The summed E-state index contributed by atoms with van der Waals surface area (Å²) < 4.78 is 5.43. The Balaban J connectivity index is 1.32. The Morgan fingerprint density at radius 3 is 2.64 bits per heavy atom. The quantitative estimate of drug-likeness (QED) is 0.665. The number of fused-ring (bicyclic) bond motifs is 1. The molecule has 1 atom stereocenters. The molecule has 2 aliphatic heterocycles. The summed E-state index contributed by atoms with van der Waals surface area (Å²) in [5.41, 5.74) is 4.56. The second-order valence-electron chi connectivity index (χ2n) is 9.85. The molecule has 3 aliphatic rings. The van der Waals surface area contributed by atoms with Crippen molar-refractivity contribution < 1.29 is 14.3 Å². The maximum absolute atomic E-state index is 13.4. The topological polar surface area (TPSA) is 86.3 Å². The zero-order valence-corrected chi connectivity index (χ0v) is 20.9. The molecule has 8 heteroatoms. The van der Waals surface area contributed by atoms with Gasteiger partial charge in [-0.1, -0.05) is 49.6 Å². The minimum atomic E-state index is -0.976. The molecule has 1 saturated heterocycles. The Kier molecular flexibility index (Phi) is 7.63. The molecule has 190 valence electrons. The van der Waals surface area contributed by atoms with Crippen molar-refractivity contribution in [2.24, 2.45) is 10.9 Å². The number of nitrogens with zero attached hydrogens (tertiary/aromatic N) is 3. The van der Waals surface area contributed by atoms with Gasteiger partial charge in [-0.15, -0.1) is 0 Å². The highest BCUT2D eigenvalue weighted by Crippen LogP contribution is 2.33. The van der Waals surface area contributed by atoms with Crippen LogP contribution in [0.4, 0.5) is 16.2 Å². The van der Waals surface area contributed by atoms with Crippen molar-refractivity contribution in [2.75, 3.05) is 43.6 Å². The summed E-state index contributed by atoms with van der Waals surface area (Å²) in [7, 11) is 1.75. The van der Waals surface area contributed by atoms with Gasteiger partial charge in [-0.25, -0.2) is 4.79 Å². The Labute approximate surface area is 212 Å². The van der Waals surface area contributed by atoms with Gasteiger partial charge in [0.1, 0.15) is 0 Å². The van der Waals surface area contributed by atoms with Gasteiger partial charge in [-0.3, -0.25) is 14.7 Å². The number of carbonyl (C=O) groups excluding carboxylic acids is 2. The van der Waals surface area contributed by atoms with E-state index in [1.165, 1.54) is 6.42 Å². The van der Waals surface area contributed by atoms with Crippen LogP contribution in [0.2, 0.25) is 0 Å². The minimum Gasteiger partial charge on any atom is -0.379 e. The van der Waals surface area contributed by atoms with Gasteiger partial charge in [0.15, 0.2) is 0 Å². The number of benzene rings is 2. The molecule has 5 rings (SSSR count). The number of ether oxygens (including phenoxy) is 1. The number of aliphatic imine (C=N–C) groups is 1. The summed E-state index contributed by atoms with van der Waals surface area (Å²) >= 11 is 0. The zero-order chi connectivity index (χ0) is 24.9. The maximum Gasteiger partial charge on any atom is 0.321 e. The Morgan fingerprint density at radius 2 is 1.83 bits per heavy atom. The van der Waals surface area contributed by atoms with Crippen LogP contribution < -0.4 is 15.5 Å². The second kappa shape index (κ2) is 11.2. The highest BCUT2D eigenvalue weighted by Gasteiger charge is 2.33. The molecule has 0 bridgehead atoms. The first kappa shape index (κ1) is 24.5. The number of carbonyl (C=O) groups is 2. The van der Waals surface area contributed by atoms with Gasteiger partial charge >= 0.3 is 6.03 Å². The van der Waals surface area contributed by atoms with Crippen LogP contribution in [0.3, 0.4) is 0 Å². The first-order valence-electron chi connectivity index (χ1n) is 13.0. The molecule has 0 spiro atoms. The van der Waals surface area contributed by atoms with Crippen molar-refractivity contribution in [1.29, 1.82) is 0 Å². The van der Waals surface area contributed by atoms with Crippen LogP contribution in [-0.4, -0.2) is 62.1 Å². The van der Waals surface area contributed by atoms with E-state index >= 15 is 0 Å². The van der Waals surface area contributed by atoms with Crippen molar-refractivity contribution in [2.45, 2.75) is 44.8 Å². The molecule has 1 saturated carbocycles. The lowest BCUT2D eigenvalue weighted by molar-refractivity contribution is -0.119. The highest BCUT2D eigenvalue weighted by atomic mass is 16.5. The fraction of sp³-hybridized carbons (Fsp3) is 0.464. The molecule has 2 heterocycles. The van der Waals surface area contributed by atoms with Crippen LogP contribution >= 0.6 is 0 Å². The Hall–Kier alpha value is -3.23. The Bertz CT molecular complexity index is 1120. The van der Waals surface area contributed by atoms with Gasteiger partial charge in [0.25, 0.3) is 5.91 Å². The lowest BCUT2D eigenvalue weighted by Crippen LogP contribution is -2.47. The molecule has 0 aromatic heterocycles. The van der Waals surface area contributed by atoms with Gasteiger partial charge in [0.2, 0.25) is 6.17 Å². The van der Waals surface area contributed by atoms with E-state index < -0.39 is 12.2 Å². The van der Waals surface area contributed by atoms with Gasteiger partial charge in [-0.05, 0) is 36.6 Å².